The first-order valence-electron chi connectivity index (χ1n) is 7.08. The Labute approximate surface area is 126 Å². The van der Waals surface area contributed by atoms with Gasteiger partial charge in [-0.25, -0.2) is 0 Å². The second-order valence-corrected chi connectivity index (χ2v) is 5.73. The van der Waals surface area contributed by atoms with Crippen molar-refractivity contribution >= 4 is 0 Å². The molecule has 0 aliphatic carbocycles. The number of benzene rings is 2. The summed E-state index contributed by atoms with van der Waals surface area (Å²) in [5, 5.41) is 0. The van der Waals surface area contributed by atoms with Gasteiger partial charge in [0.2, 0.25) is 0 Å². The van der Waals surface area contributed by atoms with Crippen LogP contribution in [-0.2, 0) is 0 Å². The highest BCUT2D eigenvalue weighted by Crippen LogP contribution is 2.18. The van der Waals surface area contributed by atoms with Crippen LogP contribution in [0.25, 0.3) is 0 Å². The van der Waals surface area contributed by atoms with E-state index in [9.17, 15) is 0 Å². The molecule has 108 valence electrons. The van der Waals surface area contributed by atoms with Crippen LogP contribution in [-0.4, -0.2) is 11.6 Å². The van der Waals surface area contributed by atoms with Crippen LogP contribution in [0.3, 0.4) is 0 Å². The first-order valence-corrected chi connectivity index (χ1v) is 7.08. The third kappa shape index (κ3) is 4.66. The van der Waals surface area contributed by atoms with Gasteiger partial charge in [0.15, 0.2) is 0 Å². The van der Waals surface area contributed by atoms with E-state index in [1.807, 2.05) is 75.4 Å². The highest BCUT2D eigenvalue weighted by Gasteiger charge is 2.22. The quantitative estimate of drug-likeness (QED) is 0.871. The standard InChI is InChI=1S/C19H21NO/c1-15(19(2,3)20)21-18-11-7-10-17(14-18)13-12-16-8-5-4-6-9-16/h4-11,14-15H,20H2,1-3H3. The van der Waals surface area contributed by atoms with Crippen molar-refractivity contribution in [1.82, 2.24) is 0 Å². The fourth-order valence-corrected chi connectivity index (χ4v) is 1.67. The van der Waals surface area contributed by atoms with Gasteiger partial charge in [0.05, 0.1) is 0 Å². The van der Waals surface area contributed by atoms with Crippen molar-refractivity contribution in [2.24, 2.45) is 5.73 Å². The molecule has 0 fully saturated rings. The van der Waals surface area contributed by atoms with Crippen molar-refractivity contribution in [2.45, 2.75) is 32.4 Å². The summed E-state index contributed by atoms with van der Waals surface area (Å²) in [6, 6.07) is 17.7. The van der Waals surface area contributed by atoms with E-state index in [-0.39, 0.29) is 11.6 Å². The van der Waals surface area contributed by atoms with Crippen molar-refractivity contribution in [3.63, 3.8) is 0 Å². The number of nitrogens with two attached hydrogens (primary N) is 1. The molecule has 0 aliphatic rings. The second-order valence-electron chi connectivity index (χ2n) is 5.73. The minimum atomic E-state index is -0.383. The van der Waals surface area contributed by atoms with Crippen molar-refractivity contribution < 1.29 is 4.74 Å². The van der Waals surface area contributed by atoms with Gasteiger partial charge in [-0.3, -0.25) is 0 Å². The average Bonchev–Trinajstić information content (AvgIpc) is 2.46. The van der Waals surface area contributed by atoms with Crippen molar-refractivity contribution in [2.75, 3.05) is 0 Å². The zero-order valence-corrected chi connectivity index (χ0v) is 12.8. The third-order valence-corrected chi connectivity index (χ3v) is 3.32. The molecule has 0 radical (unpaired) electrons. The van der Waals surface area contributed by atoms with Gasteiger partial charge in [0.25, 0.3) is 0 Å². The Morgan fingerprint density at radius 3 is 2.24 bits per heavy atom. The smallest absolute Gasteiger partial charge is 0.121 e. The van der Waals surface area contributed by atoms with Crippen molar-refractivity contribution in [1.29, 1.82) is 0 Å². The Morgan fingerprint density at radius 2 is 1.57 bits per heavy atom. The average molecular weight is 279 g/mol. The molecule has 0 spiro atoms. The molecular weight excluding hydrogens is 258 g/mol. The van der Waals surface area contributed by atoms with Crippen LogP contribution in [0.2, 0.25) is 0 Å². The van der Waals surface area contributed by atoms with Crippen LogP contribution >= 0.6 is 0 Å². The van der Waals surface area contributed by atoms with Crippen molar-refractivity contribution in [3.8, 4) is 17.6 Å². The maximum atomic E-state index is 6.05. The fraction of sp³-hybridized carbons (Fsp3) is 0.263. The van der Waals surface area contributed by atoms with Crippen LogP contribution in [0, 0.1) is 11.8 Å². The van der Waals surface area contributed by atoms with Gasteiger partial charge in [0.1, 0.15) is 11.9 Å². The lowest BCUT2D eigenvalue weighted by molar-refractivity contribution is 0.146. The Hall–Kier alpha value is -2.24. The maximum absolute atomic E-state index is 6.05. The summed E-state index contributed by atoms with van der Waals surface area (Å²) in [5.41, 5.74) is 7.59. The van der Waals surface area contributed by atoms with E-state index in [1.54, 1.807) is 0 Å². The first kappa shape index (κ1) is 15.2. The summed E-state index contributed by atoms with van der Waals surface area (Å²) in [6.07, 6.45) is -0.0742. The van der Waals surface area contributed by atoms with Crippen LogP contribution < -0.4 is 10.5 Å². The molecule has 0 bridgehead atoms. The molecule has 0 aliphatic heterocycles. The van der Waals surface area contributed by atoms with Gasteiger partial charge < -0.3 is 10.5 Å². The highest BCUT2D eigenvalue weighted by atomic mass is 16.5. The molecule has 0 heterocycles. The topological polar surface area (TPSA) is 35.2 Å². The molecule has 2 aromatic carbocycles. The largest absolute Gasteiger partial charge is 0.489 e. The summed E-state index contributed by atoms with van der Waals surface area (Å²) < 4.78 is 5.88. The van der Waals surface area contributed by atoms with Gasteiger partial charge in [-0.1, -0.05) is 36.1 Å². The zero-order chi connectivity index (χ0) is 15.3. The zero-order valence-electron chi connectivity index (χ0n) is 12.8. The van der Waals surface area contributed by atoms with Crippen LogP contribution in [0.5, 0.6) is 5.75 Å². The van der Waals surface area contributed by atoms with E-state index in [2.05, 4.69) is 11.8 Å². The summed E-state index contributed by atoms with van der Waals surface area (Å²) in [5.74, 6) is 7.09. The minimum Gasteiger partial charge on any atom is -0.489 e. The van der Waals surface area contributed by atoms with Gasteiger partial charge in [0, 0.05) is 16.7 Å². The number of hydrogen-bond donors (Lipinski definition) is 1. The van der Waals surface area contributed by atoms with Gasteiger partial charge in [-0.05, 0) is 51.1 Å². The van der Waals surface area contributed by atoms with Crippen molar-refractivity contribution in [3.05, 3.63) is 65.7 Å². The number of rotatable bonds is 3. The molecule has 2 aromatic rings. The maximum Gasteiger partial charge on any atom is 0.121 e. The second kappa shape index (κ2) is 6.47. The Morgan fingerprint density at radius 1 is 0.952 bits per heavy atom. The molecule has 2 rings (SSSR count). The lowest BCUT2D eigenvalue weighted by Crippen LogP contribution is -2.46. The highest BCUT2D eigenvalue weighted by molar-refractivity contribution is 5.45. The third-order valence-electron chi connectivity index (χ3n) is 3.32. The predicted molar refractivity (Wildman–Crippen MR) is 87.2 cm³/mol. The van der Waals surface area contributed by atoms with E-state index >= 15 is 0 Å². The summed E-state index contributed by atoms with van der Waals surface area (Å²) >= 11 is 0. The number of ether oxygens (including phenoxy) is 1. The summed E-state index contributed by atoms with van der Waals surface area (Å²) in [7, 11) is 0. The SMILES string of the molecule is CC(Oc1cccc(C#Cc2ccccc2)c1)C(C)(C)N. The van der Waals surface area contributed by atoms with E-state index < -0.39 is 0 Å². The van der Waals surface area contributed by atoms with Gasteiger partial charge >= 0.3 is 0 Å². The molecule has 1 atom stereocenters. The molecule has 0 saturated heterocycles. The van der Waals surface area contributed by atoms with E-state index in [1.165, 1.54) is 0 Å². The molecular formula is C19H21NO. The lowest BCUT2D eigenvalue weighted by atomic mass is 10.0. The molecule has 0 aromatic heterocycles. The number of hydrogen-bond acceptors (Lipinski definition) is 2. The fourth-order valence-electron chi connectivity index (χ4n) is 1.67. The molecule has 0 saturated carbocycles. The minimum absolute atomic E-state index is 0.0742. The monoisotopic (exact) mass is 279 g/mol. The molecule has 2 heteroatoms. The molecule has 2 nitrogen and oxygen atoms in total. The Kier molecular flexibility index (Phi) is 4.67. The van der Waals surface area contributed by atoms with E-state index in [4.69, 9.17) is 10.5 Å². The van der Waals surface area contributed by atoms with Crippen LogP contribution in [0.1, 0.15) is 31.9 Å². The first-order chi connectivity index (χ1) is 9.95. The molecule has 1 unspecified atom stereocenters. The van der Waals surface area contributed by atoms with E-state index in [0.29, 0.717) is 0 Å². The lowest BCUT2D eigenvalue weighted by Gasteiger charge is -2.27. The molecule has 0 amide bonds. The van der Waals surface area contributed by atoms with Crippen LogP contribution in [0.4, 0.5) is 0 Å². The summed E-state index contributed by atoms with van der Waals surface area (Å²) in [4.78, 5) is 0. The Balaban J connectivity index is 2.14. The van der Waals surface area contributed by atoms with E-state index in [0.717, 1.165) is 16.9 Å². The molecule has 2 N–H and O–H groups in total. The van der Waals surface area contributed by atoms with Crippen LogP contribution in [0.15, 0.2) is 54.6 Å². The normalized spacial score (nSPS) is 12.2. The summed E-state index contributed by atoms with van der Waals surface area (Å²) in [6.45, 7) is 5.88. The predicted octanol–water partition coefficient (Wildman–Crippen LogP) is 3.59. The Bertz CT molecular complexity index is 645. The van der Waals surface area contributed by atoms with Gasteiger partial charge in [-0.2, -0.15) is 0 Å². The van der Waals surface area contributed by atoms with Gasteiger partial charge in [-0.15, -0.1) is 0 Å². The molecule has 21 heavy (non-hydrogen) atoms.